The fraction of sp³-hybridized carbons (Fsp3) is 0.389. The molecule has 146 valence electrons. The van der Waals surface area contributed by atoms with E-state index < -0.39 is 19.5 Å². The van der Waals surface area contributed by atoms with E-state index in [2.05, 4.69) is 30.1 Å². The van der Waals surface area contributed by atoms with Gasteiger partial charge in [-0.1, -0.05) is 55.0 Å². The van der Waals surface area contributed by atoms with Crippen LogP contribution in [-0.4, -0.2) is 30.4 Å². The molecule has 1 amide bonds. The highest BCUT2D eigenvalue weighted by molar-refractivity contribution is 6.76. The third kappa shape index (κ3) is 7.10. The molecule has 0 spiro atoms. The number of halogens is 2. The number of benzene rings is 1. The molecular weight excluding hydrogens is 405 g/mol. The van der Waals surface area contributed by atoms with Crippen LogP contribution < -0.4 is 10.9 Å². The highest BCUT2D eigenvalue weighted by atomic mass is 35.5. The van der Waals surface area contributed by atoms with Crippen LogP contribution in [0.1, 0.15) is 15.9 Å². The van der Waals surface area contributed by atoms with Crippen LogP contribution in [0.4, 0.5) is 0 Å². The summed E-state index contributed by atoms with van der Waals surface area (Å²) >= 11 is 11.8. The molecular formula is C18H23Cl2N3O3Si. The van der Waals surface area contributed by atoms with Crippen molar-refractivity contribution >= 4 is 37.2 Å². The Labute approximate surface area is 169 Å². The van der Waals surface area contributed by atoms with Crippen LogP contribution in [0.2, 0.25) is 35.9 Å². The van der Waals surface area contributed by atoms with Crippen LogP contribution in [0.15, 0.2) is 35.1 Å². The van der Waals surface area contributed by atoms with E-state index in [1.54, 1.807) is 24.3 Å². The number of nitrogens with zero attached hydrogens (tertiary/aromatic N) is 2. The van der Waals surface area contributed by atoms with Gasteiger partial charge in [0.2, 0.25) is 0 Å². The first-order chi connectivity index (χ1) is 12.7. The number of ether oxygens (including phenoxy) is 1. The lowest BCUT2D eigenvalue weighted by Gasteiger charge is -2.15. The standard InChI is InChI=1S/C18H23Cl2N3O3Si/c1-27(2,3)9-8-26-12-23-18(25)15(10-16(20)22-23)17(24)21-11-13-4-6-14(19)7-5-13/h4-7,10H,8-9,11-12H2,1-3H3,(H,21,24). The van der Waals surface area contributed by atoms with E-state index in [9.17, 15) is 9.59 Å². The minimum Gasteiger partial charge on any atom is -0.359 e. The Morgan fingerprint density at radius 1 is 1.22 bits per heavy atom. The summed E-state index contributed by atoms with van der Waals surface area (Å²) in [7, 11) is -1.23. The number of carbonyl (C=O) groups is 1. The fourth-order valence-corrected chi connectivity index (χ4v) is 3.25. The molecule has 1 aromatic carbocycles. The first kappa shape index (κ1) is 21.6. The van der Waals surface area contributed by atoms with Gasteiger partial charge in [0.15, 0.2) is 5.15 Å². The van der Waals surface area contributed by atoms with E-state index in [4.69, 9.17) is 27.9 Å². The summed E-state index contributed by atoms with van der Waals surface area (Å²) in [6, 6.07) is 9.30. The Morgan fingerprint density at radius 3 is 2.52 bits per heavy atom. The zero-order valence-electron chi connectivity index (χ0n) is 15.6. The van der Waals surface area contributed by atoms with Crippen LogP contribution in [0.3, 0.4) is 0 Å². The smallest absolute Gasteiger partial charge is 0.281 e. The van der Waals surface area contributed by atoms with Crippen LogP contribution >= 0.6 is 23.2 Å². The second kappa shape index (κ2) is 9.50. The topological polar surface area (TPSA) is 73.2 Å². The predicted octanol–water partition coefficient (Wildman–Crippen LogP) is 3.79. The van der Waals surface area contributed by atoms with Crippen molar-refractivity contribution in [2.24, 2.45) is 0 Å². The summed E-state index contributed by atoms with van der Waals surface area (Å²) in [5.74, 6) is -0.518. The van der Waals surface area contributed by atoms with E-state index in [0.29, 0.717) is 11.6 Å². The summed E-state index contributed by atoms with van der Waals surface area (Å²) < 4.78 is 6.61. The summed E-state index contributed by atoms with van der Waals surface area (Å²) in [6.45, 7) is 7.48. The molecule has 0 atom stereocenters. The van der Waals surface area contributed by atoms with Gasteiger partial charge in [-0.05, 0) is 29.8 Å². The summed E-state index contributed by atoms with van der Waals surface area (Å²) in [5.41, 5.74) is 0.252. The second-order valence-electron chi connectivity index (χ2n) is 7.34. The van der Waals surface area contributed by atoms with Crippen molar-refractivity contribution in [3.63, 3.8) is 0 Å². The molecule has 2 aromatic rings. The molecule has 6 nitrogen and oxygen atoms in total. The molecule has 0 aliphatic carbocycles. The molecule has 0 radical (unpaired) electrons. The van der Waals surface area contributed by atoms with Crippen molar-refractivity contribution in [3.8, 4) is 0 Å². The monoisotopic (exact) mass is 427 g/mol. The molecule has 1 aromatic heterocycles. The number of aromatic nitrogens is 2. The van der Waals surface area contributed by atoms with Gasteiger partial charge in [0, 0.05) is 26.2 Å². The lowest BCUT2D eigenvalue weighted by atomic mass is 10.2. The van der Waals surface area contributed by atoms with Crippen LogP contribution in [0.5, 0.6) is 0 Å². The van der Waals surface area contributed by atoms with E-state index >= 15 is 0 Å². The fourth-order valence-electron chi connectivity index (χ4n) is 2.17. The minimum absolute atomic E-state index is 0.0403. The van der Waals surface area contributed by atoms with Gasteiger partial charge in [-0.2, -0.15) is 5.10 Å². The van der Waals surface area contributed by atoms with Gasteiger partial charge in [-0.3, -0.25) is 9.59 Å². The van der Waals surface area contributed by atoms with E-state index in [1.165, 1.54) is 6.07 Å². The molecule has 0 saturated carbocycles. The maximum absolute atomic E-state index is 12.5. The lowest BCUT2D eigenvalue weighted by Crippen LogP contribution is -2.34. The van der Waals surface area contributed by atoms with Gasteiger partial charge in [0.1, 0.15) is 12.3 Å². The number of rotatable bonds is 8. The van der Waals surface area contributed by atoms with Crippen molar-refractivity contribution in [2.45, 2.75) is 39.0 Å². The number of carbonyl (C=O) groups excluding carboxylic acids is 1. The highest BCUT2D eigenvalue weighted by Gasteiger charge is 2.16. The maximum atomic E-state index is 12.5. The van der Waals surface area contributed by atoms with Gasteiger partial charge < -0.3 is 10.1 Å². The number of nitrogens with one attached hydrogen (secondary N) is 1. The first-order valence-electron chi connectivity index (χ1n) is 8.54. The zero-order valence-corrected chi connectivity index (χ0v) is 18.1. The Kier molecular flexibility index (Phi) is 7.61. The minimum atomic E-state index is -1.23. The third-order valence-electron chi connectivity index (χ3n) is 3.77. The number of hydrogen-bond acceptors (Lipinski definition) is 4. The molecule has 0 aliphatic rings. The number of hydrogen-bond donors (Lipinski definition) is 1. The van der Waals surface area contributed by atoms with Crippen LogP contribution in [0.25, 0.3) is 0 Å². The molecule has 0 bridgehead atoms. The zero-order chi connectivity index (χ0) is 20.0. The first-order valence-corrected chi connectivity index (χ1v) is 13.0. The van der Waals surface area contributed by atoms with E-state index in [-0.39, 0.29) is 24.0 Å². The van der Waals surface area contributed by atoms with Crippen molar-refractivity contribution < 1.29 is 9.53 Å². The molecule has 0 aliphatic heterocycles. The predicted molar refractivity (Wildman–Crippen MR) is 110 cm³/mol. The van der Waals surface area contributed by atoms with E-state index in [1.807, 2.05) is 0 Å². The molecule has 27 heavy (non-hydrogen) atoms. The Bertz CT molecular complexity index is 848. The van der Waals surface area contributed by atoms with Crippen LogP contribution in [-0.2, 0) is 18.0 Å². The average Bonchev–Trinajstić information content (AvgIpc) is 2.59. The van der Waals surface area contributed by atoms with Gasteiger partial charge in [-0.15, -0.1) is 0 Å². The van der Waals surface area contributed by atoms with Gasteiger partial charge in [0.05, 0.1) is 0 Å². The average molecular weight is 428 g/mol. The maximum Gasteiger partial charge on any atom is 0.281 e. The quantitative estimate of drug-likeness (QED) is 0.513. The van der Waals surface area contributed by atoms with Crippen LogP contribution in [0, 0.1) is 0 Å². The Balaban J connectivity index is 2.03. The summed E-state index contributed by atoms with van der Waals surface area (Å²) in [4.78, 5) is 24.9. The summed E-state index contributed by atoms with van der Waals surface area (Å²) in [5, 5.41) is 7.31. The molecule has 9 heteroatoms. The molecule has 0 saturated heterocycles. The SMILES string of the molecule is C[Si](C)(C)CCOCn1nc(Cl)cc(C(=O)NCc2ccc(Cl)cc2)c1=O. The van der Waals surface area contributed by atoms with Gasteiger partial charge in [-0.25, -0.2) is 4.68 Å². The second-order valence-corrected chi connectivity index (χ2v) is 13.8. The van der Waals surface area contributed by atoms with Crippen molar-refractivity contribution in [1.29, 1.82) is 0 Å². The van der Waals surface area contributed by atoms with Crippen molar-refractivity contribution in [1.82, 2.24) is 15.1 Å². The largest absolute Gasteiger partial charge is 0.359 e. The normalized spacial score (nSPS) is 11.4. The highest BCUT2D eigenvalue weighted by Crippen LogP contribution is 2.10. The molecule has 2 rings (SSSR count). The molecule has 1 N–H and O–H groups in total. The van der Waals surface area contributed by atoms with Crippen molar-refractivity contribution in [2.75, 3.05) is 6.61 Å². The molecule has 0 fully saturated rings. The lowest BCUT2D eigenvalue weighted by molar-refractivity contribution is 0.0742. The van der Waals surface area contributed by atoms with Gasteiger partial charge in [0.25, 0.3) is 11.5 Å². The molecule has 1 heterocycles. The van der Waals surface area contributed by atoms with E-state index in [0.717, 1.165) is 16.3 Å². The third-order valence-corrected chi connectivity index (χ3v) is 5.91. The Hall–Kier alpha value is -1.67. The number of amides is 1. The van der Waals surface area contributed by atoms with Gasteiger partial charge >= 0.3 is 0 Å². The Morgan fingerprint density at radius 2 is 1.89 bits per heavy atom. The molecule has 0 unspecified atom stereocenters. The summed E-state index contributed by atoms with van der Waals surface area (Å²) in [6.07, 6.45) is 0. The van der Waals surface area contributed by atoms with Crippen molar-refractivity contribution in [3.05, 3.63) is 62.0 Å².